The molecule has 0 fully saturated rings. The molecule has 318 valence electrons. The number of carbonyl (C=O) groups is 2. The highest BCUT2D eigenvalue weighted by molar-refractivity contribution is 7.47. The number of amides is 1. The van der Waals surface area contributed by atoms with E-state index in [1.807, 2.05) is 12.2 Å². The van der Waals surface area contributed by atoms with Gasteiger partial charge in [-0.25, -0.2) is 4.57 Å². The number of allylic oxidation sites excluding steroid dienone is 21. The van der Waals surface area contributed by atoms with Gasteiger partial charge < -0.3 is 20.1 Å². The van der Waals surface area contributed by atoms with Crippen LogP contribution >= 0.6 is 7.82 Å². The third-order valence-electron chi connectivity index (χ3n) is 7.61. The number of aliphatic hydroxyl groups is 1. The van der Waals surface area contributed by atoms with E-state index in [0.717, 1.165) is 83.5 Å². The predicted octanol–water partition coefficient (Wildman–Crippen LogP) is 11.5. The lowest BCUT2D eigenvalue weighted by molar-refractivity contribution is -0.146. The van der Waals surface area contributed by atoms with E-state index in [2.05, 4.69) is 135 Å². The summed E-state index contributed by atoms with van der Waals surface area (Å²) < 4.78 is 26.7. The van der Waals surface area contributed by atoms with Gasteiger partial charge in [-0.3, -0.25) is 18.6 Å². The number of esters is 1. The molecule has 0 aromatic rings. The molecule has 0 spiro atoms. The van der Waals surface area contributed by atoms with Gasteiger partial charge >= 0.3 is 13.8 Å². The van der Waals surface area contributed by atoms with Crippen molar-refractivity contribution >= 4 is 19.7 Å². The van der Waals surface area contributed by atoms with Crippen LogP contribution in [0.5, 0.6) is 0 Å². The first-order valence-corrected chi connectivity index (χ1v) is 22.2. The van der Waals surface area contributed by atoms with E-state index >= 15 is 0 Å². The molecule has 0 saturated heterocycles. The molecule has 0 aliphatic heterocycles. The molecule has 3 N–H and O–H groups in total. The molecule has 9 nitrogen and oxygen atoms in total. The molecule has 0 aromatic carbocycles. The Bertz CT molecular complexity index is 1380. The van der Waals surface area contributed by atoms with Gasteiger partial charge in [0.15, 0.2) is 0 Å². The monoisotopic (exact) mass is 809 g/mol. The van der Waals surface area contributed by atoms with E-state index in [9.17, 15) is 24.2 Å². The lowest BCUT2D eigenvalue weighted by atomic mass is 10.1. The highest BCUT2D eigenvalue weighted by atomic mass is 31.2. The van der Waals surface area contributed by atoms with Crippen LogP contribution in [0.3, 0.4) is 0 Å². The second kappa shape index (κ2) is 41.8. The summed E-state index contributed by atoms with van der Waals surface area (Å²) in [7, 11) is -4.46. The molecule has 1 amide bonds. The second-order valence-corrected chi connectivity index (χ2v) is 14.3. The summed E-state index contributed by atoms with van der Waals surface area (Å²) in [6.07, 6.45) is 58.4. The smallest absolute Gasteiger partial charge is 0.463 e. The average molecular weight is 810 g/mol. The fraction of sp³-hybridized carbons (Fsp3) is 0.489. The maximum Gasteiger partial charge on any atom is 0.472 e. The van der Waals surface area contributed by atoms with Crippen molar-refractivity contribution in [2.24, 2.45) is 0 Å². The van der Waals surface area contributed by atoms with Crippen LogP contribution in [0.25, 0.3) is 0 Å². The van der Waals surface area contributed by atoms with Gasteiger partial charge in [0.2, 0.25) is 5.91 Å². The van der Waals surface area contributed by atoms with Crippen LogP contribution in [0.15, 0.2) is 134 Å². The zero-order chi connectivity index (χ0) is 41.8. The number of aliphatic hydroxyl groups excluding tert-OH is 1. The van der Waals surface area contributed by atoms with E-state index in [0.29, 0.717) is 12.8 Å². The maximum absolute atomic E-state index is 12.1. The number of unbranched alkanes of at least 4 members (excludes halogenated alkanes) is 2. The second-order valence-electron chi connectivity index (χ2n) is 12.9. The average Bonchev–Trinajstić information content (AvgIpc) is 3.20. The predicted molar refractivity (Wildman–Crippen MR) is 237 cm³/mol. The Hall–Kier alpha value is -3.85. The first-order valence-electron chi connectivity index (χ1n) is 20.7. The molecule has 0 saturated carbocycles. The summed E-state index contributed by atoms with van der Waals surface area (Å²) in [5.74, 6) is -0.708. The standard InChI is InChI=1S/C47H72NO8P/c1-3-5-7-9-11-13-15-17-19-20-21-22-23-24-26-28-30-32-34-36-38-40-47(51)54-43-45(49)44-56-57(52,53)55-42-41-48-46(50)39-37-35-33-31-29-27-25-18-16-14-12-10-8-6-4-2/h5-8,11-14,17-19,21-22,24-26,29-32,36,38,45,49H,3-4,9-10,15-16,20,23,27-28,33-35,37,39-44H2,1-2H3,(H,48,50)(H,52,53)/b7-5-,8-6-,13-11-,14-12-,19-17-,22-21-,25-18-,26-24-,31-29-,32-30-,38-36-. The van der Waals surface area contributed by atoms with Gasteiger partial charge in [0, 0.05) is 13.0 Å². The molecule has 10 heteroatoms. The zero-order valence-electron chi connectivity index (χ0n) is 34.7. The lowest BCUT2D eigenvalue weighted by Crippen LogP contribution is -2.27. The summed E-state index contributed by atoms with van der Waals surface area (Å²) >= 11 is 0. The van der Waals surface area contributed by atoms with E-state index in [1.165, 1.54) is 0 Å². The van der Waals surface area contributed by atoms with Crippen molar-refractivity contribution < 1.29 is 37.9 Å². The van der Waals surface area contributed by atoms with Crippen LogP contribution in [0.4, 0.5) is 0 Å². The van der Waals surface area contributed by atoms with E-state index in [-0.39, 0.29) is 25.5 Å². The Balaban J connectivity index is 3.84. The summed E-state index contributed by atoms with van der Waals surface area (Å²) in [4.78, 5) is 33.8. The summed E-state index contributed by atoms with van der Waals surface area (Å²) in [5, 5.41) is 12.6. The van der Waals surface area contributed by atoms with Crippen LogP contribution in [0.1, 0.15) is 117 Å². The molecule has 2 unspecified atom stereocenters. The summed E-state index contributed by atoms with van der Waals surface area (Å²) in [5.41, 5.74) is 0. The van der Waals surface area contributed by atoms with E-state index in [4.69, 9.17) is 13.8 Å². The van der Waals surface area contributed by atoms with Crippen molar-refractivity contribution in [3.63, 3.8) is 0 Å². The zero-order valence-corrected chi connectivity index (χ0v) is 35.6. The highest BCUT2D eigenvalue weighted by Crippen LogP contribution is 2.42. The fourth-order valence-corrected chi connectivity index (χ4v) is 5.33. The first kappa shape index (κ1) is 53.1. The van der Waals surface area contributed by atoms with Crippen LogP contribution in [0, 0.1) is 0 Å². The minimum Gasteiger partial charge on any atom is -0.463 e. The van der Waals surface area contributed by atoms with Crippen molar-refractivity contribution in [3.05, 3.63) is 134 Å². The third kappa shape index (κ3) is 43.1. The Morgan fingerprint density at radius 1 is 0.561 bits per heavy atom. The Labute approximate surface area is 344 Å². The molecule has 0 aliphatic carbocycles. The number of rotatable bonds is 36. The Morgan fingerprint density at radius 3 is 1.40 bits per heavy atom. The number of phosphoric acid groups is 1. The number of carbonyl (C=O) groups excluding carboxylic acids is 2. The number of nitrogens with one attached hydrogen (secondary N) is 1. The number of hydrogen-bond acceptors (Lipinski definition) is 7. The number of hydrogen-bond donors (Lipinski definition) is 3. The SMILES string of the molecule is CC/C=C\C/C=C\C/C=C\C/C=C\C/C=C\C/C=C\C/C=C\CC(=O)OCC(O)COP(=O)(O)OCCNC(=O)CCCC/C=C\C/C=C\C/C=C\C/C=C\CC. The van der Waals surface area contributed by atoms with Crippen LogP contribution in [-0.4, -0.2) is 54.3 Å². The van der Waals surface area contributed by atoms with Crippen molar-refractivity contribution in [2.45, 2.75) is 123 Å². The van der Waals surface area contributed by atoms with Crippen LogP contribution in [0.2, 0.25) is 0 Å². The largest absolute Gasteiger partial charge is 0.472 e. The minimum atomic E-state index is -4.46. The fourth-order valence-electron chi connectivity index (χ4n) is 4.57. The normalized spacial score (nSPS) is 14.7. The van der Waals surface area contributed by atoms with Gasteiger partial charge in [-0.1, -0.05) is 148 Å². The van der Waals surface area contributed by atoms with Crippen LogP contribution < -0.4 is 5.32 Å². The third-order valence-corrected chi connectivity index (χ3v) is 8.59. The van der Waals surface area contributed by atoms with Crippen molar-refractivity contribution in [3.8, 4) is 0 Å². The molecule has 0 bridgehead atoms. The molecular weight excluding hydrogens is 737 g/mol. The molecular formula is C47H72NO8P. The van der Waals surface area contributed by atoms with Crippen molar-refractivity contribution in [2.75, 3.05) is 26.4 Å². The molecule has 0 aliphatic rings. The van der Waals surface area contributed by atoms with Gasteiger partial charge in [0.1, 0.15) is 12.7 Å². The van der Waals surface area contributed by atoms with Gasteiger partial charge in [0.05, 0.1) is 19.6 Å². The number of phosphoric ester groups is 1. The topological polar surface area (TPSA) is 131 Å². The summed E-state index contributed by atoms with van der Waals surface area (Å²) in [6.45, 7) is 3.11. The Kier molecular flexibility index (Phi) is 39.0. The Morgan fingerprint density at radius 2 is 0.965 bits per heavy atom. The first-order chi connectivity index (χ1) is 27.8. The lowest BCUT2D eigenvalue weighted by Gasteiger charge is -2.15. The molecule has 0 radical (unpaired) electrons. The molecule has 2 atom stereocenters. The quantitative estimate of drug-likeness (QED) is 0.0247. The van der Waals surface area contributed by atoms with Crippen molar-refractivity contribution in [1.29, 1.82) is 0 Å². The van der Waals surface area contributed by atoms with Gasteiger partial charge in [0.25, 0.3) is 0 Å². The van der Waals surface area contributed by atoms with Gasteiger partial charge in [-0.2, -0.15) is 0 Å². The van der Waals surface area contributed by atoms with Crippen LogP contribution in [-0.2, 0) is 27.9 Å². The highest BCUT2D eigenvalue weighted by Gasteiger charge is 2.23. The van der Waals surface area contributed by atoms with Crippen molar-refractivity contribution in [1.82, 2.24) is 5.32 Å². The maximum atomic E-state index is 12.1. The molecule has 0 rings (SSSR count). The van der Waals surface area contributed by atoms with E-state index < -0.39 is 33.1 Å². The number of ether oxygens (including phenoxy) is 1. The molecule has 57 heavy (non-hydrogen) atoms. The van der Waals surface area contributed by atoms with E-state index in [1.54, 1.807) is 6.08 Å². The molecule has 0 heterocycles. The van der Waals surface area contributed by atoms with Gasteiger partial charge in [-0.15, -0.1) is 0 Å². The van der Waals surface area contributed by atoms with Gasteiger partial charge in [-0.05, 0) is 89.9 Å². The molecule has 0 aromatic heterocycles. The minimum absolute atomic E-state index is 0.0365. The summed E-state index contributed by atoms with van der Waals surface area (Å²) in [6, 6.07) is 0.